The molecule has 8 nitrogen and oxygen atoms in total. The molecule has 0 aliphatic rings. The van der Waals surface area contributed by atoms with E-state index in [1.54, 1.807) is 0 Å². The molecule has 0 atom stereocenters. The smallest absolute Gasteiger partial charge is 0.204 e. The van der Waals surface area contributed by atoms with E-state index >= 15 is 0 Å². The van der Waals surface area contributed by atoms with Gasteiger partial charge in [0.05, 0.1) is 5.75 Å². The van der Waals surface area contributed by atoms with Crippen LogP contribution in [-0.4, -0.2) is 46.5 Å². The Balaban J connectivity index is 1.40. The lowest BCUT2D eigenvalue weighted by atomic mass is 10.0. The van der Waals surface area contributed by atoms with Crippen LogP contribution in [0, 0.1) is 13.8 Å². The van der Waals surface area contributed by atoms with Crippen LogP contribution in [0.5, 0.6) is 0 Å². The van der Waals surface area contributed by atoms with Gasteiger partial charge in [0.25, 0.3) is 0 Å². The van der Waals surface area contributed by atoms with Crippen molar-refractivity contribution in [3.8, 4) is 17.1 Å². The van der Waals surface area contributed by atoms with E-state index in [-0.39, 0.29) is 18.1 Å². The highest BCUT2D eigenvalue weighted by Gasteiger charge is 2.18. The number of aromatic nitrogens is 7. The van der Waals surface area contributed by atoms with Crippen molar-refractivity contribution < 1.29 is 4.79 Å². The highest BCUT2D eigenvalue weighted by Crippen LogP contribution is 2.24. The Labute approximate surface area is 207 Å². The molecule has 0 bridgehead atoms. The van der Waals surface area contributed by atoms with E-state index in [0.29, 0.717) is 16.8 Å². The van der Waals surface area contributed by atoms with Crippen molar-refractivity contribution in [3.63, 3.8) is 0 Å². The fourth-order valence-corrected chi connectivity index (χ4v) is 4.66. The fraction of sp³-hybridized carbons (Fsp3) is 0.154. The van der Waals surface area contributed by atoms with E-state index in [9.17, 15) is 4.79 Å². The molecule has 174 valence electrons. The van der Waals surface area contributed by atoms with Crippen molar-refractivity contribution >= 4 is 17.5 Å². The molecule has 9 heteroatoms. The van der Waals surface area contributed by atoms with E-state index in [0.717, 1.165) is 27.9 Å². The maximum Gasteiger partial charge on any atom is 0.204 e. The summed E-state index contributed by atoms with van der Waals surface area (Å²) in [6.45, 7) is 4.27. The maximum absolute atomic E-state index is 12.9. The van der Waals surface area contributed by atoms with E-state index in [2.05, 4.69) is 25.6 Å². The standard InChI is InChI=1S/C26H23N7OS/c1-18-13-14-22(19(2)15-18)23(34)17-35-26-29-27-24(33(26)21-11-7-4-8-12-21)16-32-30-25(28-31-32)20-9-5-3-6-10-20/h3-15H,16-17H2,1-2H3. The monoisotopic (exact) mass is 481 g/mol. The number of carbonyl (C=O) groups is 1. The Hall–Kier alpha value is -4.11. The second-order valence-corrected chi connectivity index (χ2v) is 9.05. The van der Waals surface area contributed by atoms with Crippen LogP contribution < -0.4 is 0 Å². The van der Waals surface area contributed by atoms with Gasteiger partial charge in [-0.25, -0.2) is 0 Å². The lowest BCUT2D eigenvalue weighted by molar-refractivity contribution is 0.102. The predicted molar refractivity (Wildman–Crippen MR) is 135 cm³/mol. The molecule has 3 aromatic carbocycles. The first-order valence-corrected chi connectivity index (χ1v) is 12.1. The largest absolute Gasteiger partial charge is 0.293 e. The highest BCUT2D eigenvalue weighted by atomic mass is 32.2. The minimum atomic E-state index is 0.0575. The third-order valence-electron chi connectivity index (χ3n) is 5.50. The molecule has 35 heavy (non-hydrogen) atoms. The molecule has 0 fully saturated rings. The summed E-state index contributed by atoms with van der Waals surface area (Å²) in [5, 5.41) is 22.3. The van der Waals surface area contributed by atoms with Crippen molar-refractivity contribution in [2.45, 2.75) is 25.5 Å². The quantitative estimate of drug-likeness (QED) is 0.237. The number of para-hydroxylation sites is 1. The van der Waals surface area contributed by atoms with Crippen LogP contribution in [0.4, 0.5) is 0 Å². The number of hydrogen-bond donors (Lipinski definition) is 0. The summed E-state index contributed by atoms with van der Waals surface area (Å²) >= 11 is 1.37. The first-order chi connectivity index (χ1) is 17.1. The normalized spacial score (nSPS) is 11.0. The zero-order valence-corrected chi connectivity index (χ0v) is 20.2. The summed E-state index contributed by atoms with van der Waals surface area (Å²) < 4.78 is 1.94. The summed E-state index contributed by atoms with van der Waals surface area (Å²) in [6.07, 6.45) is 0. The molecule has 0 saturated carbocycles. The Morgan fingerprint density at radius 3 is 2.37 bits per heavy atom. The molecule has 2 aromatic heterocycles. The van der Waals surface area contributed by atoms with Gasteiger partial charge in [-0.15, -0.1) is 20.4 Å². The number of carbonyl (C=O) groups excluding carboxylic acids is 1. The fourth-order valence-electron chi connectivity index (χ4n) is 3.81. The average molecular weight is 482 g/mol. The predicted octanol–water partition coefficient (Wildman–Crippen LogP) is 4.56. The van der Waals surface area contributed by atoms with Gasteiger partial charge in [-0.05, 0) is 36.8 Å². The second-order valence-electron chi connectivity index (χ2n) is 8.11. The molecular weight excluding hydrogens is 458 g/mol. The van der Waals surface area contributed by atoms with Gasteiger partial charge in [0, 0.05) is 16.8 Å². The summed E-state index contributed by atoms with van der Waals surface area (Å²) in [7, 11) is 0. The van der Waals surface area contributed by atoms with Crippen LogP contribution in [0.3, 0.4) is 0 Å². The van der Waals surface area contributed by atoms with Crippen LogP contribution in [0.25, 0.3) is 17.1 Å². The molecule has 0 saturated heterocycles. The molecule has 0 spiro atoms. The third kappa shape index (κ3) is 5.04. The minimum absolute atomic E-state index is 0.0575. The first-order valence-electron chi connectivity index (χ1n) is 11.1. The summed E-state index contributed by atoms with van der Waals surface area (Å²) in [5.41, 5.74) is 4.64. The molecule has 0 aliphatic heterocycles. The van der Waals surface area contributed by atoms with Gasteiger partial charge < -0.3 is 0 Å². The number of Topliss-reactive ketones (excluding diaryl/α,β-unsaturated/α-hetero) is 1. The molecule has 0 amide bonds. The van der Waals surface area contributed by atoms with Crippen LogP contribution in [-0.2, 0) is 6.54 Å². The molecule has 5 rings (SSSR count). The lowest BCUT2D eigenvalue weighted by Gasteiger charge is -2.10. The van der Waals surface area contributed by atoms with Gasteiger partial charge >= 0.3 is 0 Å². The second kappa shape index (κ2) is 10.0. The SMILES string of the molecule is Cc1ccc(C(=O)CSc2nnc(Cn3nnc(-c4ccccc4)n3)n2-c2ccccc2)c(C)c1. The van der Waals surface area contributed by atoms with Crippen LogP contribution in [0.1, 0.15) is 27.3 Å². The van der Waals surface area contributed by atoms with Crippen LogP contribution in [0.15, 0.2) is 84.0 Å². The topological polar surface area (TPSA) is 91.4 Å². The number of aryl methyl sites for hydroxylation is 2. The van der Waals surface area contributed by atoms with Crippen molar-refractivity contribution in [2.24, 2.45) is 0 Å². The van der Waals surface area contributed by atoms with Gasteiger partial charge in [0.2, 0.25) is 5.82 Å². The summed E-state index contributed by atoms with van der Waals surface area (Å²) in [4.78, 5) is 14.4. The van der Waals surface area contributed by atoms with Crippen LogP contribution >= 0.6 is 11.8 Å². The van der Waals surface area contributed by atoms with E-state index in [1.165, 1.54) is 16.6 Å². The maximum atomic E-state index is 12.9. The number of rotatable bonds is 8. The van der Waals surface area contributed by atoms with Crippen LogP contribution in [0.2, 0.25) is 0 Å². The van der Waals surface area contributed by atoms with Gasteiger partial charge in [0.1, 0.15) is 6.54 Å². The first kappa shape index (κ1) is 22.7. The Bertz CT molecular complexity index is 1460. The molecular formula is C26H23N7OS. The Kier molecular flexibility index (Phi) is 6.49. The molecule has 5 aromatic rings. The Morgan fingerprint density at radius 1 is 0.886 bits per heavy atom. The molecule has 0 radical (unpaired) electrons. The molecule has 2 heterocycles. The number of benzene rings is 3. The van der Waals surface area contributed by atoms with E-state index in [4.69, 9.17) is 0 Å². The van der Waals surface area contributed by atoms with Crippen molar-refractivity contribution in [1.82, 2.24) is 35.0 Å². The number of nitrogens with zero attached hydrogens (tertiary/aromatic N) is 7. The number of hydrogen-bond acceptors (Lipinski definition) is 7. The highest BCUT2D eigenvalue weighted by molar-refractivity contribution is 7.99. The van der Waals surface area contributed by atoms with Gasteiger partial charge in [-0.3, -0.25) is 9.36 Å². The van der Waals surface area contributed by atoms with Gasteiger partial charge in [-0.1, -0.05) is 84.1 Å². The lowest BCUT2D eigenvalue weighted by Crippen LogP contribution is -2.11. The number of thioether (sulfide) groups is 1. The van der Waals surface area contributed by atoms with Crippen molar-refractivity contribution in [2.75, 3.05) is 5.75 Å². The van der Waals surface area contributed by atoms with Crippen molar-refractivity contribution in [3.05, 3.63) is 101 Å². The zero-order valence-electron chi connectivity index (χ0n) is 19.4. The summed E-state index contributed by atoms with van der Waals surface area (Å²) in [6, 6.07) is 25.4. The molecule has 0 unspecified atom stereocenters. The average Bonchev–Trinajstić information content (AvgIpc) is 3.51. The summed E-state index contributed by atoms with van der Waals surface area (Å²) in [5.74, 6) is 1.51. The minimum Gasteiger partial charge on any atom is -0.293 e. The number of ketones is 1. The van der Waals surface area contributed by atoms with Gasteiger partial charge in [-0.2, -0.15) is 4.80 Å². The Morgan fingerprint density at radius 2 is 1.63 bits per heavy atom. The van der Waals surface area contributed by atoms with Crippen molar-refractivity contribution in [1.29, 1.82) is 0 Å². The number of tetrazole rings is 1. The third-order valence-corrected chi connectivity index (χ3v) is 6.43. The molecule has 0 aliphatic carbocycles. The van der Waals surface area contributed by atoms with E-state index < -0.39 is 0 Å². The molecule has 0 N–H and O–H groups in total. The van der Waals surface area contributed by atoms with Gasteiger partial charge in [0.15, 0.2) is 16.8 Å². The van der Waals surface area contributed by atoms with E-state index in [1.807, 2.05) is 97.3 Å². The zero-order chi connectivity index (χ0) is 24.2.